The van der Waals surface area contributed by atoms with Gasteiger partial charge in [-0.2, -0.15) is 0 Å². The number of Topliss-reactive ketones (excluding diaryl/α,β-unsaturated/α-hetero) is 1. The number of carbonyl (C=O) groups is 2. The van der Waals surface area contributed by atoms with Crippen LogP contribution in [0.4, 0.5) is 0 Å². The summed E-state index contributed by atoms with van der Waals surface area (Å²) in [6.45, 7) is 9.01. The molecule has 5 nitrogen and oxygen atoms in total. The molecule has 2 N–H and O–H groups in total. The topological polar surface area (TPSA) is 83.8 Å². The van der Waals surface area contributed by atoms with Crippen molar-refractivity contribution < 1.29 is 24.5 Å². The van der Waals surface area contributed by atoms with Gasteiger partial charge in [-0.05, 0) is 86.9 Å². The van der Waals surface area contributed by atoms with Crippen LogP contribution in [-0.4, -0.2) is 40.8 Å². The van der Waals surface area contributed by atoms with Gasteiger partial charge >= 0.3 is 5.97 Å². The van der Waals surface area contributed by atoms with Crippen molar-refractivity contribution in [3.8, 4) is 0 Å². The van der Waals surface area contributed by atoms with E-state index in [1.165, 1.54) is 0 Å². The molecule has 0 aromatic heterocycles. The van der Waals surface area contributed by atoms with Crippen LogP contribution in [0.15, 0.2) is 0 Å². The zero-order valence-electron chi connectivity index (χ0n) is 19.8. The maximum atomic E-state index is 13.5. The van der Waals surface area contributed by atoms with E-state index < -0.39 is 6.10 Å². The summed E-state index contributed by atoms with van der Waals surface area (Å²) in [5.41, 5.74) is -0.212. The fraction of sp³-hybridized carbons (Fsp3) is 0.923. The quantitative estimate of drug-likeness (QED) is 0.636. The highest BCUT2D eigenvalue weighted by Gasteiger charge is 2.65. The monoisotopic (exact) mass is 434 g/mol. The third kappa shape index (κ3) is 3.68. The van der Waals surface area contributed by atoms with Gasteiger partial charge in [-0.15, -0.1) is 0 Å². The van der Waals surface area contributed by atoms with Crippen LogP contribution in [0.5, 0.6) is 0 Å². The third-order valence-corrected chi connectivity index (χ3v) is 10.4. The molecule has 176 valence electrons. The Bertz CT molecular complexity index is 706. The number of carbonyl (C=O) groups excluding carboxylic acids is 2. The summed E-state index contributed by atoms with van der Waals surface area (Å²) in [6, 6.07) is 0. The minimum absolute atomic E-state index is 0.0483. The number of hydrogen-bond donors (Lipinski definition) is 2. The third-order valence-electron chi connectivity index (χ3n) is 10.4. The van der Waals surface area contributed by atoms with E-state index in [1.54, 1.807) is 0 Å². The van der Waals surface area contributed by atoms with Crippen molar-refractivity contribution in [2.24, 2.45) is 46.3 Å². The maximum Gasteiger partial charge on any atom is 0.305 e. The van der Waals surface area contributed by atoms with Gasteiger partial charge in [0.15, 0.2) is 0 Å². The standard InChI is InChI=1S/C26H42O5/c1-5-31-23(30)9-6-15(2)18-7-8-19-24-20(14-22(29)26(18,19)4)25(3)11-10-17(27)12-16(25)13-21(24)28/h15-20,22,24,27,29H,5-14H2,1-4H3/t15-,16-,17+,18+,19+,20-,22-,24-,25-,26+/m0/s1. The van der Waals surface area contributed by atoms with Crippen LogP contribution >= 0.6 is 0 Å². The minimum atomic E-state index is -0.411. The van der Waals surface area contributed by atoms with Crippen molar-refractivity contribution in [1.29, 1.82) is 0 Å². The molecule has 10 atom stereocenters. The Balaban J connectivity index is 1.55. The molecule has 0 heterocycles. The Morgan fingerprint density at radius 1 is 1.16 bits per heavy atom. The molecule has 4 saturated carbocycles. The number of ether oxygens (including phenoxy) is 1. The van der Waals surface area contributed by atoms with Crippen LogP contribution in [-0.2, 0) is 14.3 Å². The Morgan fingerprint density at radius 3 is 2.61 bits per heavy atom. The predicted octanol–water partition coefficient (Wildman–Crippen LogP) is 4.14. The largest absolute Gasteiger partial charge is 0.466 e. The van der Waals surface area contributed by atoms with Crippen LogP contribution < -0.4 is 0 Å². The second kappa shape index (κ2) is 8.44. The molecule has 0 radical (unpaired) electrons. The van der Waals surface area contributed by atoms with Gasteiger partial charge in [-0.25, -0.2) is 0 Å². The van der Waals surface area contributed by atoms with E-state index in [-0.39, 0.29) is 46.6 Å². The molecule has 0 aromatic carbocycles. The van der Waals surface area contributed by atoms with Gasteiger partial charge in [0, 0.05) is 24.2 Å². The van der Waals surface area contributed by atoms with Crippen LogP contribution in [0.3, 0.4) is 0 Å². The second-order valence-electron chi connectivity index (χ2n) is 11.7. The van der Waals surface area contributed by atoms with Crippen LogP contribution in [0.2, 0.25) is 0 Å². The normalized spacial score (nSPS) is 47.8. The minimum Gasteiger partial charge on any atom is -0.466 e. The van der Waals surface area contributed by atoms with E-state index in [0.29, 0.717) is 43.5 Å². The zero-order chi connectivity index (χ0) is 22.6. The summed E-state index contributed by atoms with van der Waals surface area (Å²) < 4.78 is 5.11. The number of rotatable bonds is 5. The number of fused-ring (bicyclic) bond motifs is 5. The lowest BCUT2D eigenvalue weighted by Gasteiger charge is -2.61. The molecular formula is C26H42O5. The molecule has 0 unspecified atom stereocenters. The highest BCUT2D eigenvalue weighted by Crippen LogP contribution is 2.67. The number of aliphatic hydroxyl groups is 2. The SMILES string of the molecule is CCOC(=O)CC[C@H](C)[C@H]1CC[C@@H]2[C@@H]3C(=O)C[C@@H]4C[C@H](O)CC[C@]4(C)[C@H]3C[C@H](O)[C@@]21C. The van der Waals surface area contributed by atoms with Crippen molar-refractivity contribution in [3.63, 3.8) is 0 Å². The van der Waals surface area contributed by atoms with Crippen molar-refractivity contribution in [2.45, 2.75) is 97.7 Å². The first-order chi connectivity index (χ1) is 14.6. The number of aliphatic hydroxyl groups excluding tert-OH is 2. The summed E-state index contributed by atoms with van der Waals surface area (Å²) in [5.74, 6) is 1.64. The summed E-state index contributed by atoms with van der Waals surface area (Å²) >= 11 is 0. The number of esters is 1. The van der Waals surface area contributed by atoms with Crippen molar-refractivity contribution in [1.82, 2.24) is 0 Å². The summed E-state index contributed by atoms with van der Waals surface area (Å²) in [6.07, 6.45) is 6.34. The first-order valence-corrected chi connectivity index (χ1v) is 12.7. The molecule has 4 rings (SSSR count). The lowest BCUT2D eigenvalue weighted by Crippen LogP contribution is -2.61. The molecule has 4 fully saturated rings. The van der Waals surface area contributed by atoms with E-state index in [2.05, 4.69) is 20.8 Å². The van der Waals surface area contributed by atoms with Gasteiger partial charge in [0.1, 0.15) is 5.78 Å². The Labute approximate surface area is 187 Å². The highest BCUT2D eigenvalue weighted by atomic mass is 16.5. The highest BCUT2D eigenvalue weighted by molar-refractivity contribution is 5.83. The Morgan fingerprint density at radius 2 is 1.90 bits per heavy atom. The van der Waals surface area contributed by atoms with Gasteiger partial charge in [0.25, 0.3) is 0 Å². The fourth-order valence-corrected chi connectivity index (χ4v) is 8.62. The lowest BCUT2D eigenvalue weighted by atomic mass is 9.43. The van der Waals surface area contributed by atoms with E-state index in [9.17, 15) is 19.8 Å². The van der Waals surface area contributed by atoms with Gasteiger partial charge in [-0.1, -0.05) is 20.8 Å². The van der Waals surface area contributed by atoms with Crippen molar-refractivity contribution in [3.05, 3.63) is 0 Å². The molecule has 4 aliphatic rings. The summed E-state index contributed by atoms with van der Waals surface area (Å²) in [7, 11) is 0. The lowest BCUT2D eigenvalue weighted by molar-refractivity contribution is -0.182. The first-order valence-electron chi connectivity index (χ1n) is 12.7. The maximum absolute atomic E-state index is 13.5. The smallest absolute Gasteiger partial charge is 0.305 e. The number of ketones is 1. The molecule has 0 bridgehead atoms. The average Bonchev–Trinajstić information content (AvgIpc) is 3.07. The van der Waals surface area contributed by atoms with E-state index >= 15 is 0 Å². The molecule has 0 spiro atoms. The number of hydrogen-bond acceptors (Lipinski definition) is 5. The van der Waals surface area contributed by atoms with Crippen molar-refractivity contribution >= 4 is 11.8 Å². The van der Waals surface area contributed by atoms with Gasteiger partial charge in [0.05, 0.1) is 18.8 Å². The first kappa shape index (κ1) is 23.2. The predicted molar refractivity (Wildman–Crippen MR) is 118 cm³/mol. The molecule has 5 heteroatoms. The summed E-state index contributed by atoms with van der Waals surface area (Å²) in [4.78, 5) is 25.3. The zero-order valence-corrected chi connectivity index (χ0v) is 19.8. The van der Waals surface area contributed by atoms with Gasteiger partial charge in [0.2, 0.25) is 0 Å². The van der Waals surface area contributed by atoms with Gasteiger partial charge in [-0.3, -0.25) is 9.59 Å². The van der Waals surface area contributed by atoms with Gasteiger partial charge < -0.3 is 14.9 Å². The van der Waals surface area contributed by atoms with Crippen molar-refractivity contribution in [2.75, 3.05) is 6.61 Å². The Kier molecular flexibility index (Phi) is 6.33. The van der Waals surface area contributed by atoms with E-state index in [1.807, 2.05) is 6.92 Å². The van der Waals surface area contributed by atoms with E-state index in [4.69, 9.17) is 4.74 Å². The molecular weight excluding hydrogens is 392 g/mol. The second-order valence-corrected chi connectivity index (χ2v) is 11.7. The molecule has 4 aliphatic carbocycles. The molecule has 0 saturated heterocycles. The molecule has 0 aromatic rings. The Hall–Kier alpha value is -0.940. The van der Waals surface area contributed by atoms with Crippen LogP contribution in [0.1, 0.15) is 85.5 Å². The summed E-state index contributed by atoms with van der Waals surface area (Å²) in [5, 5.41) is 21.8. The van der Waals surface area contributed by atoms with E-state index in [0.717, 1.165) is 38.5 Å². The molecule has 0 aliphatic heterocycles. The van der Waals surface area contributed by atoms with Crippen LogP contribution in [0, 0.1) is 46.3 Å². The molecule has 31 heavy (non-hydrogen) atoms. The molecule has 0 amide bonds. The van der Waals surface area contributed by atoms with Crippen LogP contribution in [0.25, 0.3) is 0 Å². The average molecular weight is 435 g/mol. The fourth-order valence-electron chi connectivity index (χ4n) is 8.62.